The molecule has 0 aliphatic heterocycles. The van der Waals surface area contributed by atoms with Gasteiger partial charge in [-0.25, -0.2) is 8.78 Å². The third-order valence-corrected chi connectivity index (χ3v) is 3.63. The van der Waals surface area contributed by atoms with Crippen molar-refractivity contribution in [3.63, 3.8) is 0 Å². The van der Waals surface area contributed by atoms with Crippen LogP contribution in [-0.4, -0.2) is 11.7 Å². The van der Waals surface area contributed by atoms with Crippen LogP contribution in [0.3, 0.4) is 0 Å². The summed E-state index contributed by atoms with van der Waals surface area (Å²) in [5.74, 6) is -0.953. The van der Waals surface area contributed by atoms with E-state index in [1.165, 1.54) is 13.0 Å². The average molecular weight is 357 g/mol. The number of hydrogen-bond acceptors (Lipinski definition) is 2. The Bertz CT molecular complexity index is 659. The van der Waals surface area contributed by atoms with Crippen LogP contribution in [0.15, 0.2) is 34.8 Å². The number of rotatable bonds is 4. The summed E-state index contributed by atoms with van der Waals surface area (Å²) in [6, 6.07) is 7.22. The van der Waals surface area contributed by atoms with Crippen LogP contribution in [0.4, 0.5) is 8.78 Å². The van der Waals surface area contributed by atoms with Gasteiger partial charge in [0.15, 0.2) is 0 Å². The van der Waals surface area contributed by atoms with Gasteiger partial charge in [0.25, 0.3) is 0 Å². The Kier molecular flexibility index (Phi) is 4.96. The van der Waals surface area contributed by atoms with Crippen LogP contribution >= 0.6 is 15.9 Å². The molecule has 2 rings (SSSR count). The molecule has 0 radical (unpaired) electrons. The number of halogens is 3. The largest absolute Gasteiger partial charge is 0.493 e. The van der Waals surface area contributed by atoms with Gasteiger partial charge >= 0.3 is 0 Å². The summed E-state index contributed by atoms with van der Waals surface area (Å²) >= 11 is 3.31. The molecule has 2 aromatic rings. The summed E-state index contributed by atoms with van der Waals surface area (Å²) in [7, 11) is 0. The predicted molar refractivity (Wildman–Crippen MR) is 80.5 cm³/mol. The zero-order valence-corrected chi connectivity index (χ0v) is 13.2. The Morgan fingerprint density at radius 1 is 1.14 bits per heavy atom. The van der Waals surface area contributed by atoms with Crippen molar-refractivity contribution in [3.05, 3.63) is 63.1 Å². The zero-order chi connectivity index (χ0) is 15.6. The molecule has 112 valence electrons. The Morgan fingerprint density at radius 2 is 1.86 bits per heavy atom. The van der Waals surface area contributed by atoms with E-state index in [2.05, 4.69) is 15.9 Å². The minimum atomic E-state index is -1.23. The molecule has 0 fully saturated rings. The van der Waals surface area contributed by atoms with Gasteiger partial charge in [0.1, 0.15) is 23.5 Å². The second-order valence-corrected chi connectivity index (χ2v) is 5.56. The zero-order valence-electron chi connectivity index (χ0n) is 11.7. The van der Waals surface area contributed by atoms with Gasteiger partial charge in [0.05, 0.1) is 6.61 Å². The Balaban J connectivity index is 2.51. The molecule has 0 saturated carbocycles. The molecule has 2 aromatic carbocycles. The second-order valence-electron chi connectivity index (χ2n) is 4.64. The molecule has 1 N–H and O–H groups in total. The van der Waals surface area contributed by atoms with Crippen LogP contribution in [0.2, 0.25) is 0 Å². The van der Waals surface area contributed by atoms with Crippen LogP contribution in [0, 0.1) is 18.6 Å². The molecule has 0 aromatic heterocycles. The maximum absolute atomic E-state index is 13.9. The molecule has 0 saturated heterocycles. The van der Waals surface area contributed by atoms with Gasteiger partial charge in [-0.2, -0.15) is 0 Å². The quantitative estimate of drug-likeness (QED) is 0.872. The molecule has 0 aliphatic carbocycles. The van der Waals surface area contributed by atoms with E-state index in [4.69, 9.17) is 4.74 Å². The summed E-state index contributed by atoms with van der Waals surface area (Å²) < 4.78 is 33.5. The van der Waals surface area contributed by atoms with Crippen LogP contribution < -0.4 is 4.74 Å². The lowest BCUT2D eigenvalue weighted by atomic mass is 9.98. The first-order valence-electron chi connectivity index (χ1n) is 6.50. The average Bonchev–Trinajstić information content (AvgIpc) is 2.44. The lowest BCUT2D eigenvalue weighted by molar-refractivity contribution is 0.206. The van der Waals surface area contributed by atoms with Gasteiger partial charge < -0.3 is 9.84 Å². The topological polar surface area (TPSA) is 29.5 Å². The van der Waals surface area contributed by atoms with Crippen molar-refractivity contribution >= 4 is 15.9 Å². The van der Waals surface area contributed by atoms with E-state index >= 15 is 0 Å². The lowest BCUT2D eigenvalue weighted by Gasteiger charge is -2.17. The highest BCUT2D eigenvalue weighted by Gasteiger charge is 2.21. The molecule has 0 heterocycles. The number of aliphatic hydroxyl groups excluding tert-OH is 1. The normalized spacial score (nSPS) is 12.3. The van der Waals surface area contributed by atoms with Gasteiger partial charge in [0, 0.05) is 21.7 Å². The van der Waals surface area contributed by atoms with Gasteiger partial charge in [-0.3, -0.25) is 0 Å². The summed E-state index contributed by atoms with van der Waals surface area (Å²) in [5, 5.41) is 10.5. The summed E-state index contributed by atoms with van der Waals surface area (Å²) in [6.45, 7) is 3.77. The van der Waals surface area contributed by atoms with Crippen LogP contribution in [-0.2, 0) is 0 Å². The third-order valence-electron chi connectivity index (χ3n) is 3.14. The van der Waals surface area contributed by atoms with Crippen molar-refractivity contribution < 1.29 is 18.6 Å². The monoisotopic (exact) mass is 356 g/mol. The minimum absolute atomic E-state index is 0.0213. The third kappa shape index (κ3) is 3.41. The van der Waals surface area contributed by atoms with E-state index in [9.17, 15) is 13.9 Å². The maximum Gasteiger partial charge on any atom is 0.132 e. The molecule has 0 aliphatic rings. The molecule has 5 heteroatoms. The van der Waals surface area contributed by atoms with E-state index in [-0.39, 0.29) is 11.1 Å². The van der Waals surface area contributed by atoms with Crippen molar-refractivity contribution in [2.45, 2.75) is 20.0 Å². The van der Waals surface area contributed by atoms with Crippen molar-refractivity contribution in [2.75, 3.05) is 6.61 Å². The molecular weight excluding hydrogens is 342 g/mol. The van der Waals surface area contributed by atoms with Gasteiger partial charge in [0.2, 0.25) is 0 Å². The number of ether oxygens (including phenoxy) is 1. The maximum atomic E-state index is 13.9. The van der Waals surface area contributed by atoms with Crippen molar-refractivity contribution in [3.8, 4) is 5.75 Å². The van der Waals surface area contributed by atoms with Crippen molar-refractivity contribution in [1.29, 1.82) is 0 Å². The van der Waals surface area contributed by atoms with E-state index < -0.39 is 17.7 Å². The Morgan fingerprint density at radius 3 is 2.52 bits per heavy atom. The number of hydrogen-bond donors (Lipinski definition) is 1. The lowest BCUT2D eigenvalue weighted by Crippen LogP contribution is -2.07. The van der Waals surface area contributed by atoms with Crippen LogP contribution in [0.25, 0.3) is 0 Å². The van der Waals surface area contributed by atoms with Gasteiger partial charge in [-0.05, 0) is 43.7 Å². The van der Waals surface area contributed by atoms with E-state index in [1.807, 2.05) is 6.92 Å². The predicted octanol–water partition coefficient (Wildman–Crippen LogP) is 4.52. The Labute approximate surface area is 130 Å². The van der Waals surface area contributed by atoms with Crippen LogP contribution in [0.1, 0.15) is 29.7 Å². The molecular formula is C16H15BrF2O2. The second kappa shape index (κ2) is 6.54. The first-order chi connectivity index (χ1) is 9.93. The molecule has 2 nitrogen and oxygen atoms in total. The molecule has 0 amide bonds. The smallest absolute Gasteiger partial charge is 0.132 e. The molecule has 0 spiro atoms. The highest BCUT2D eigenvalue weighted by molar-refractivity contribution is 9.10. The number of benzene rings is 2. The minimum Gasteiger partial charge on any atom is -0.493 e. The van der Waals surface area contributed by atoms with Gasteiger partial charge in [-0.1, -0.05) is 15.9 Å². The Hall–Kier alpha value is -1.46. The van der Waals surface area contributed by atoms with Crippen molar-refractivity contribution in [2.24, 2.45) is 0 Å². The first kappa shape index (κ1) is 15.9. The molecule has 21 heavy (non-hydrogen) atoms. The fourth-order valence-electron chi connectivity index (χ4n) is 2.08. The van der Waals surface area contributed by atoms with E-state index in [1.54, 1.807) is 18.2 Å². The summed E-state index contributed by atoms with van der Waals surface area (Å²) in [5.41, 5.74) is 0.725. The summed E-state index contributed by atoms with van der Waals surface area (Å²) in [4.78, 5) is 0. The van der Waals surface area contributed by atoms with E-state index in [0.29, 0.717) is 17.9 Å². The fraction of sp³-hybridized carbons (Fsp3) is 0.250. The SMILES string of the molecule is CCOc1ccc(Br)cc1C(O)c1cc(C)c(F)cc1F. The standard InChI is InChI=1S/C16H15BrF2O2/c1-3-21-15-5-4-10(17)7-12(15)16(20)11-6-9(2)13(18)8-14(11)19/h4-8,16,20H,3H2,1-2H3. The summed E-state index contributed by atoms with van der Waals surface area (Å²) in [6.07, 6.45) is -1.23. The molecule has 1 atom stereocenters. The highest BCUT2D eigenvalue weighted by atomic mass is 79.9. The number of aryl methyl sites for hydroxylation is 1. The highest BCUT2D eigenvalue weighted by Crippen LogP contribution is 2.34. The molecule has 0 bridgehead atoms. The fourth-order valence-corrected chi connectivity index (χ4v) is 2.46. The van der Waals surface area contributed by atoms with Gasteiger partial charge in [-0.15, -0.1) is 0 Å². The molecule has 1 unspecified atom stereocenters. The first-order valence-corrected chi connectivity index (χ1v) is 7.29. The van der Waals surface area contributed by atoms with E-state index in [0.717, 1.165) is 10.5 Å². The number of aliphatic hydroxyl groups is 1. The van der Waals surface area contributed by atoms with Crippen molar-refractivity contribution in [1.82, 2.24) is 0 Å². The van der Waals surface area contributed by atoms with Crippen LogP contribution in [0.5, 0.6) is 5.75 Å².